The van der Waals surface area contributed by atoms with E-state index in [1.807, 2.05) is 24.3 Å². The summed E-state index contributed by atoms with van der Waals surface area (Å²) in [6.07, 6.45) is 7.34. The number of aryl methyl sites for hydroxylation is 1. The molecule has 4 rings (SSSR count). The Morgan fingerprint density at radius 3 is 2.63 bits per heavy atom. The Hall–Kier alpha value is -3.05. The summed E-state index contributed by atoms with van der Waals surface area (Å²) in [6.45, 7) is 6.51. The topological polar surface area (TPSA) is 63.8 Å². The maximum absolute atomic E-state index is 10.2. The molecule has 0 aliphatic carbocycles. The lowest BCUT2D eigenvalue weighted by molar-refractivity contribution is 0.0785. The molecule has 0 aliphatic heterocycles. The lowest BCUT2D eigenvalue weighted by Gasteiger charge is -2.18. The summed E-state index contributed by atoms with van der Waals surface area (Å²) in [4.78, 5) is 13.5. The van der Waals surface area contributed by atoms with Crippen molar-refractivity contribution in [3.63, 3.8) is 0 Å². The van der Waals surface area contributed by atoms with Crippen LogP contribution in [-0.4, -0.2) is 24.6 Å². The van der Waals surface area contributed by atoms with Crippen molar-refractivity contribution in [3.05, 3.63) is 66.7 Å². The molecule has 27 heavy (non-hydrogen) atoms. The third-order valence-corrected chi connectivity index (χ3v) is 4.72. The van der Waals surface area contributed by atoms with Crippen LogP contribution in [0.25, 0.3) is 33.5 Å². The van der Waals surface area contributed by atoms with E-state index in [0.29, 0.717) is 5.82 Å². The van der Waals surface area contributed by atoms with Crippen molar-refractivity contribution in [2.75, 3.05) is 0 Å². The number of hydrogen-bond acceptors (Lipinski definition) is 4. The lowest BCUT2D eigenvalue weighted by atomic mass is 9.98. The summed E-state index contributed by atoms with van der Waals surface area (Å²) in [5.74, 6) is 0.675. The molecule has 0 unspecified atom stereocenters. The van der Waals surface area contributed by atoms with Gasteiger partial charge in [-0.3, -0.25) is 4.98 Å². The van der Waals surface area contributed by atoms with Crippen LogP contribution in [0.1, 0.15) is 26.3 Å². The second-order valence-electron chi connectivity index (χ2n) is 7.06. The van der Waals surface area contributed by atoms with Crippen molar-refractivity contribution in [1.29, 1.82) is 0 Å². The van der Waals surface area contributed by atoms with Crippen molar-refractivity contribution in [2.45, 2.75) is 32.9 Å². The van der Waals surface area contributed by atoms with Gasteiger partial charge in [-0.15, -0.1) is 0 Å². The van der Waals surface area contributed by atoms with Crippen molar-refractivity contribution < 1.29 is 5.11 Å². The molecule has 0 saturated heterocycles. The first kappa shape index (κ1) is 17.4. The van der Waals surface area contributed by atoms with Gasteiger partial charge in [0.15, 0.2) is 5.82 Å². The van der Waals surface area contributed by atoms with Crippen molar-refractivity contribution >= 4 is 10.9 Å². The smallest absolute Gasteiger partial charge is 0.161 e. The standard InChI is InChI=1S/C22H21N4O/c1-4-26-14-18(17-7-5-6-8-20(17)26)21-24-12-15(13-25-21)19-11-16(9-10-23-19)22(2,3)27/h6-14,27H,4H2,1-3H3. The van der Waals surface area contributed by atoms with E-state index in [4.69, 9.17) is 0 Å². The van der Waals surface area contributed by atoms with Crippen LogP contribution in [0.15, 0.2) is 55.1 Å². The Labute approximate surface area is 158 Å². The Morgan fingerprint density at radius 2 is 1.93 bits per heavy atom. The van der Waals surface area contributed by atoms with Crippen LogP contribution in [0, 0.1) is 6.07 Å². The van der Waals surface area contributed by atoms with Gasteiger partial charge in [0.2, 0.25) is 0 Å². The predicted octanol–water partition coefficient (Wildman–Crippen LogP) is 4.21. The minimum atomic E-state index is -0.920. The third kappa shape index (κ3) is 3.22. The molecule has 3 heterocycles. The first-order valence-corrected chi connectivity index (χ1v) is 8.98. The predicted molar refractivity (Wildman–Crippen MR) is 106 cm³/mol. The number of benzene rings is 1. The molecule has 0 bridgehead atoms. The van der Waals surface area contributed by atoms with Gasteiger partial charge in [-0.1, -0.05) is 6.07 Å². The number of rotatable bonds is 4. The Morgan fingerprint density at radius 1 is 1.15 bits per heavy atom. The van der Waals surface area contributed by atoms with Crippen LogP contribution in [0.5, 0.6) is 0 Å². The molecule has 1 aromatic carbocycles. The highest BCUT2D eigenvalue weighted by molar-refractivity contribution is 5.94. The number of aliphatic hydroxyl groups is 1. The second kappa shape index (κ2) is 6.59. The number of fused-ring (bicyclic) bond motifs is 1. The maximum atomic E-state index is 10.2. The molecule has 0 amide bonds. The molecule has 3 aromatic heterocycles. The van der Waals surface area contributed by atoms with E-state index in [-0.39, 0.29) is 0 Å². The number of nitrogens with zero attached hydrogens (tertiary/aromatic N) is 4. The number of aromatic nitrogens is 4. The van der Waals surface area contributed by atoms with E-state index in [2.05, 4.69) is 44.8 Å². The largest absolute Gasteiger partial charge is 0.386 e. The van der Waals surface area contributed by atoms with Gasteiger partial charge in [0, 0.05) is 53.4 Å². The van der Waals surface area contributed by atoms with Gasteiger partial charge in [0.05, 0.1) is 11.3 Å². The van der Waals surface area contributed by atoms with Gasteiger partial charge in [-0.25, -0.2) is 9.97 Å². The van der Waals surface area contributed by atoms with Crippen LogP contribution in [0.3, 0.4) is 0 Å². The van der Waals surface area contributed by atoms with Gasteiger partial charge in [-0.05, 0) is 56.7 Å². The van der Waals surface area contributed by atoms with E-state index in [1.165, 1.54) is 0 Å². The second-order valence-corrected chi connectivity index (χ2v) is 7.06. The molecule has 5 heteroatoms. The van der Waals surface area contributed by atoms with Crippen LogP contribution in [0.2, 0.25) is 0 Å². The molecule has 0 saturated carbocycles. The molecule has 1 radical (unpaired) electrons. The van der Waals surface area contributed by atoms with Gasteiger partial charge in [0.1, 0.15) is 0 Å². The fraction of sp³-hybridized carbons (Fsp3) is 0.227. The highest BCUT2D eigenvalue weighted by atomic mass is 16.3. The highest BCUT2D eigenvalue weighted by Gasteiger charge is 2.17. The molecular weight excluding hydrogens is 336 g/mol. The zero-order valence-corrected chi connectivity index (χ0v) is 15.6. The van der Waals surface area contributed by atoms with Crippen molar-refractivity contribution in [3.8, 4) is 22.6 Å². The first-order valence-electron chi connectivity index (χ1n) is 8.98. The van der Waals surface area contributed by atoms with E-state index in [0.717, 1.165) is 39.8 Å². The zero-order valence-electron chi connectivity index (χ0n) is 15.6. The van der Waals surface area contributed by atoms with E-state index >= 15 is 0 Å². The van der Waals surface area contributed by atoms with Gasteiger partial charge in [-0.2, -0.15) is 0 Å². The van der Waals surface area contributed by atoms with Crippen molar-refractivity contribution in [1.82, 2.24) is 19.5 Å². The summed E-state index contributed by atoms with van der Waals surface area (Å²) in [5.41, 5.74) is 3.59. The first-order chi connectivity index (χ1) is 13.0. The number of hydrogen-bond donors (Lipinski definition) is 1. The van der Waals surface area contributed by atoms with Gasteiger partial charge >= 0.3 is 0 Å². The average molecular weight is 357 g/mol. The zero-order chi connectivity index (χ0) is 19.0. The molecule has 0 spiro atoms. The van der Waals surface area contributed by atoms with Crippen LogP contribution in [0.4, 0.5) is 0 Å². The Bertz CT molecular complexity index is 1090. The third-order valence-electron chi connectivity index (χ3n) is 4.72. The fourth-order valence-electron chi connectivity index (χ4n) is 3.19. The fourth-order valence-corrected chi connectivity index (χ4v) is 3.19. The summed E-state index contributed by atoms with van der Waals surface area (Å²) < 4.78 is 2.18. The summed E-state index contributed by atoms with van der Waals surface area (Å²) in [6, 6.07) is 12.8. The monoisotopic (exact) mass is 357 g/mol. The van der Waals surface area contributed by atoms with Crippen LogP contribution < -0.4 is 0 Å². The van der Waals surface area contributed by atoms with E-state index < -0.39 is 5.60 Å². The average Bonchev–Trinajstić information content (AvgIpc) is 3.06. The summed E-state index contributed by atoms with van der Waals surface area (Å²) in [5, 5.41) is 11.3. The molecular formula is C22H21N4O. The normalized spacial score (nSPS) is 11.9. The highest BCUT2D eigenvalue weighted by Crippen LogP contribution is 2.29. The maximum Gasteiger partial charge on any atom is 0.161 e. The molecule has 5 nitrogen and oxygen atoms in total. The van der Waals surface area contributed by atoms with E-state index in [1.54, 1.807) is 32.4 Å². The van der Waals surface area contributed by atoms with Crippen LogP contribution in [-0.2, 0) is 12.1 Å². The Balaban J connectivity index is 1.74. The number of pyridine rings is 1. The summed E-state index contributed by atoms with van der Waals surface area (Å²) >= 11 is 0. The minimum absolute atomic E-state index is 0.675. The summed E-state index contributed by atoms with van der Waals surface area (Å²) in [7, 11) is 0. The molecule has 0 atom stereocenters. The van der Waals surface area contributed by atoms with E-state index in [9.17, 15) is 5.11 Å². The molecule has 1 N–H and O–H groups in total. The lowest BCUT2D eigenvalue weighted by Crippen LogP contribution is -2.15. The molecule has 0 fully saturated rings. The molecule has 4 aromatic rings. The van der Waals surface area contributed by atoms with Crippen LogP contribution >= 0.6 is 0 Å². The minimum Gasteiger partial charge on any atom is -0.386 e. The van der Waals surface area contributed by atoms with Gasteiger partial charge in [0.25, 0.3) is 0 Å². The Kier molecular flexibility index (Phi) is 4.24. The molecule has 135 valence electrons. The quantitative estimate of drug-likeness (QED) is 0.594. The van der Waals surface area contributed by atoms with Gasteiger partial charge < -0.3 is 9.67 Å². The molecule has 0 aliphatic rings. The SMILES string of the molecule is CCn1cc(-c2ncc(-c3cc(C(C)(C)O)ccn3)cn2)c2c[c]ccc21. The van der Waals surface area contributed by atoms with Crippen molar-refractivity contribution in [2.24, 2.45) is 0 Å².